The van der Waals surface area contributed by atoms with Crippen molar-refractivity contribution in [2.24, 2.45) is 0 Å². The van der Waals surface area contributed by atoms with Crippen molar-refractivity contribution < 1.29 is 14.3 Å². The maximum absolute atomic E-state index is 13.4. The van der Waals surface area contributed by atoms with E-state index in [1.165, 1.54) is 0 Å². The molecule has 0 saturated heterocycles. The average Bonchev–Trinajstić information content (AvgIpc) is 2.86. The third-order valence-electron chi connectivity index (χ3n) is 5.40. The SMILES string of the molecule is CNC(=O)[C@H](Cc1ccccc1)N(Cc1ccc(Cl)c(Cl)c1)C(=O)CCCOc1ccccc1. The number of hydrogen-bond acceptors (Lipinski definition) is 3. The lowest BCUT2D eigenvalue weighted by Crippen LogP contribution is -2.49. The van der Waals surface area contributed by atoms with Crippen LogP contribution >= 0.6 is 23.2 Å². The predicted molar refractivity (Wildman–Crippen MR) is 136 cm³/mol. The van der Waals surface area contributed by atoms with Crippen LogP contribution in [0.15, 0.2) is 78.9 Å². The molecule has 3 rings (SSSR count). The zero-order valence-corrected chi connectivity index (χ0v) is 20.6. The molecular weight excluding hydrogens is 471 g/mol. The summed E-state index contributed by atoms with van der Waals surface area (Å²) in [6.07, 6.45) is 1.17. The molecule has 1 N–H and O–H groups in total. The number of nitrogens with one attached hydrogen (secondary N) is 1. The first-order chi connectivity index (χ1) is 16.5. The molecule has 1 atom stereocenters. The molecule has 3 aromatic carbocycles. The third-order valence-corrected chi connectivity index (χ3v) is 6.14. The highest BCUT2D eigenvalue weighted by Crippen LogP contribution is 2.24. The highest BCUT2D eigenvalue weighted by molar-refractivity contribution is 6.42. The Bertz CT molecular complexity index is 1080. The summed E-state index contributed by atoms with van der Waals surface area (Å²) in [6.45, 7) is 0.639. The van der Waals surface area contributed by atoms with Crippen LogP contribution in [0.4, 0.5) is 0 Å². The summed E-state index contributed by atoms with van der Waals surface area (Å²) < 4.78 is 5.73. The van der Waals surface area contributed by atoms with Crippen LogP contribution in [0.25, 0.3) is 0 Å². The van der Waals surface area contributed by atoms with Crippen molar-refractivity contribution in [2.75, 3.05) is 13.7 Å². The summed E-state index contributed by atoms with van der Waals surface area (Å²) in [5, 5.41) is 3.55. The van der Waals surface area contributed by atoms with Gasteiger partial charge in [-0.2, -0.15) is 0 Å². The minimum Gasteiger partial charge on any atom is -0.494 e. The van der Waals surface area contributed by atoms with E-state index >= 15 is 0 Å². The van der Waals surface area contributed by atoms with Crippen LogP contribution in [0, 0.1) is 0 Å². The van der Waals surface area contributed by atoms with Gasteiger partial charge >= 0.3 is 0 Å². The number of nitrogens with zero attached hydrogens (tertiary/aromatic N) is 1. The Kier molecular flexibility index (Phi) is 9.80. The summed E-state index contributed by atoms with van der Waals surface area (Å²) in [5.74, 6) is 0.403. The van der Waals surface area contributed by atoms with Gasteiger partial charge in [-0.15, -0.1) is 0 Å². The van der Waals surface area contributed by atoms with Gasteiger partial charge in [0.2, 0.25) is 11.8 Å². The molecule has 0 spiro atoms. The number of amides is 2. The number of para-hydroxylation sites is 1. The van der Waals surface area contributed by atoms with E-state index in [2.05, 4.69) is 5.32 Å². The van der Waals surface area contributed by atoms with Crippen molar-refractivity contribution in [3.05, 3.63) is 100 Å². The Balaban J connectivity index is 1.77. The lowest BCUT2D eigenvalue weighted by atomic mass is 10.0. The molecule has 3 aromatic rings. The quantitative estimate of drug-likeness (QED) is 0.353. The zero-order valence-electron chi connectivity index (χ0n) is 19.0. The van der Waals surface area contributed by atoms with E-state index in [4.69, 9.17) is 27.9 Å². The van der Waals surface area contributed by atoms with Crippen molar-refractivity contribution in [1.82, 2.24) is 10.2 Å². The Hall–Kier alpha value is -3.02. The van der Waals surface area contributed by atoms with Gasteiger partial charge in [-0.3, -0.25) is 9.59 Å². The highest BCUT2D eigenvalue weighted by atomic mass is 35.5. The molecule has 0 saturated carbocycles. The normalized spacial score (nSPS) is 11.5. The summed E-state index contributed by atoms with van der Waals surface area (Å²) in [6, 6.07) is 23.7. The minimum absolute atomic E-state index is 0.132. The molecule has 0 heterocycles. The first kappa shape index (κ1) is 25.6. The molecule has 178 valence electrons. The van der Waals surface area contributed by atoms with Crippen LogP contribution in [0.5, 0.6) is 5.75 Å². The second kappa shape index (κ2) is 13.0. The summed E-state index contributed by atoms with van der Waals surface area (Å²) >= 11 is 12.3. The lowest BCUT2D eigenvalue weighted by molar-refractivity contribution is -0.141. The predicted octanol–water partition coefficient (Wildman–Crippen LogP) is 5.54. The molecule has 0 bridgehead atoms. The smallest absolute Gasteiger partial charge is 0.242 e. The van der Waals surface area contributed by atoms with Gasteiger partial charge < -0.3 is 15.0 Å². The summed E-state index contributed by atoms with van der Waals surface area (Å²) in [4.78, 5) is 27.9. The Morgan fingerprint density at radius 2 is 1.59 bits per heavy atom. The molecule has 2 amide bonds. The monoisotopic (exact) mass is 498 g/mol. The summed E-state index contributed by atoms with van der Waals surface area (Å²) in [7, 11) is 1.58. The van der Waals surface area contributed by atoms with Gasteiger partial charge in [-0.25, -0.2) is 0 Å². The number of rotatable bonds is 11. The molecule has 0 radical (unpaired) electrons. The minimum atomic E-state index is -0.676. The molecule has 0 aliphatic carbocycles. The fourth-order valence-electron chi connectivity index (χ4n) is 3.63. The van der Waals surface area contributed by atoms with Crippen molar-refractivity contribution in [1.29, 1.82) is 0 Å². The van der Waals surface area contributed by atoms with Crippen molar-refractivity contribution in [3.63, 3.8) is 0 Å². The maximum atomic E-state index is 13.4. The highest BCUT2D eigenvalue weighted by Gasteiger charge is 2.29. The first-order valence-electron chi connectivity index (χ1n) is 11.1. The second-order valence-electron chi connectivity index (χ2n) is 7.85. The first-order valence-corrected chi connectivity index (χ1v) is 11.9. The van der Waals surface area contributed by atoms with Gasteiger partial charge in [0.25, 0.3) is 0 Å². The molecule has 0 aliphatic heterocycles. The van der Waals surface area contributed by atoms with Gasteiger partial charge in [0, 0.05) is 26.4 Å². The Labute approximate surface area is 210 Å². The van der Waals surface area contributed by atoms with E-state index in [1.807, 2.05) is 66.7 Å². The van der Waals surface area contributed by atoms with E-state index in [0.717, 1.165) is 16.9 Å². The van der Waals surface area contributed by atoms with Crippen LogP contribution in [-0.4, -0.2) is 36.4 Å². The molecule has 5 nitrogen and oxygen atoms in total. The van der Waals surface area contributed by atoms with Gasteiger partial charge in [-0.1, -0.05) is 77.8 Å². The van der Waals surface area contributed by atoms with Crippen LogP contribution in [0.1, 0.15) is 24.0 Å². The number of carbonyl (C=O) groups excluding carboxylic acids is 2. The fourth-order valence-corrected chi connectivity index (χ4v) is 3.95. The Morgan fingerprint density at radius 1 is 0.912 bits per heavy atom. The molecule has 0 fully saturated rings. The van der Waals surface area contributed by atoms with E-state index in [-0.39, 0.29) is 24.8 Å². The molecule has 0 unspecified atom stereocenters. The van der Waals surface area contributed by atoms with Gasteiger partial charge in [0.15, 0.2) is 0 Å². The molecule has 34 heavy (non-hydrogen) atoms. The van der Waals surface area contributed by atoms with Gasteiger partial charge in [0.05, 0.1) is 16.7 Å². The van der Waals surface area contributed by atoms with Crippen molar-refractivity contribution in [3.8, 4) is 5.75 Å². The van der Waals surface area contributed by atoms with E-state index in [9.17, 15) is 9.59 Å². The molecule has 0 aromatic heterocycles. The van der Waals surface area contributed by atoms with Crippen molar-refractivity contribution >= 4 is 35.0 Å². The topological polar surface area (TPSA) is 58.6 Å². The van der Waals surface area contributed by atoms with Crippen molar-refractivity contribution in [2.45, 2.75) is 31.8 Å². The fraction of sp³-hybridized carbons (Fsp3) is 0.259. The molecule has 0 aliphatic rings. The van der Waals surface area contributed by atoms with E-state index < -0.39 is 6.04 Å². The van der Waals surface area contributed by atoms with Crippen LogP contribution in [-0.2, 0) is 22.6 Å². The summed E-state index contributed by atoms with van der Waals surface area (Å²) in [5.41, 5.74) is 1.76. The van der Waals surface area contributed by atoms with Gasteiger partial charge in [0.1, 0.15) is 11.8 Å². The van der Waals surface area contributed by atoms with Crippen LogP contribution in [0.2, 0.25) is 10.0 Å². The third kappa shape index (κ3) is 7.51. The molecular formula is C27H28Cl2N2O3. The second-order valence-corrected chi connectivity index (χ2v) is 8.67. The van der Waals surface area contributed by atoms with E-state index in [1.54, 1.807) is 24.1 Å². The number of halogens is 2. The van der Waals surface area contributed by atoms with Gasteiger partial charge in [-0.05, 0) is 41.8 Å². The maximum Gasteiger partial charge on any atom is 0.242 e. The van der Waals surface area contributed by atoms with Crippen LogP contribution in [0.3, 0.4) is 0 Å². The number of ether oxygens (including phenoxy) is 1. The standard InChI is InChI=1S/C27H28Cl2N2O3/c1-30-27(33)25(18-20-9-4-2-5-10-20)31(19-21-14-15-23(28)24(29)17-21)26(32)13-8-16-34-22-11-6-3-7-12-22/h2-7,9-12,14-15,17,25H,8,13,16,18-19H2,1H3,(H,30,33)/t25-/m0/s1. The molecule has 7 heteroatoms. The lowest BCUT2D eigenvalue weighted by Gasteiger charge is -2.31. The average molecular weight is 499 g/mol. The largest absolute Gasteiger partial charge is 0.494 e. The number of likely N-dealkylation sites (N-methyl/N-ethyl adjacent to an activating group) is 1. The Morgan fingerprint density at radius 3 is 2.24 bits per heavy atom. The number of hydrogen-bond donors (Lipinski definition) is 1. The van der Waals surface area contributed by atoms with E-state index in [0.29, 0.717) is 29.5 Å². The van der Waals surface area contributed by atoms with Crippen LogP contribution < -0.4 is 10.1 Å². The number of benzene rings is 3. The number of carbonyl (C=O) groups is 2. The zero-order chi connectivity index (χ0) is 24.3.